The average Bonchev–Trinajstić information content (AvgIpc) is 3.21. The van der Waals surface area contributed by atoms with E-state index in [-0.39, 0.29) is 36.6 Å². The van der Waals surface area contributed by atoms with Gasteiger partial charge in [-0.1, -0.05) is 35.9 Å². The molecule has 1 atom stereocenters. The van der Waals surface area contributed by atoms with Gasteiger partial charge >= 0.3 is 0 Å². The maximum atomic E-state index is 13.2. The number of carbonyl (C=O) groups excluding carboxylic acids is 2. The van der Waals surface area contributed by atoms with Gasteiger partial charge in [-0.3, -0.25) is 14.5 Å². The van der Waals surface area contributed by atoms with Gasteiger partial charge in [0.15, 0.2) is 0 Å². The summed E-state index contributed by atoms with van der Waals surface area (Å²) in [5.74, 6) is -0.970. The Kier molecular flexibility index (Phi) is 7.61. The SMILES string of the molecule is O=C(CNC(=O)Cc1cccc(F)c1)NCC(c1cccc(Cl)c1)N1CCCC1. The van der Waals surface area contributed by atoms with Crippen molar-refractivity contribution in [2.24, 2.45) is 0 Å². The Morgan fingerprint density at radius 2 is 1.79 bits per heavy atom. The molecule has 2 aromatic carbocycles. The number of likely N-dealkylation sites (tertiary alicyclic amines) is 1. The Balaban J connectivity index is 1.50. The van der Waals surface area contributed by atoms with Crippen LogP contribution < -0.4 is 10.6 Å². The molecule has 1 unspecified atom stereocenters. The topological polar surface area (TPSA) is 61.4 Å². The molecule has 0 bridgehead atoms. The Hall–Kier alpha value is -2.44. The first-order valence-electron chi connectivity index (χ1n) is 9.78. The van der Waals surface area contributed by atoms with Crippen LogP contribution in [0.5, 0.6) is 0 Å². The first kappa shape index (κ1) is 21.3. The van der Waals surface area contributed by atoms with Crippen LogP contribution in [0.25, 0.3) is 0 Å². The summed E-state index contributed by atoms with van der Waals surface area (Å²) >= 11 is 6.14. The van der Waals surface area contributed by atoms with Crippen LogP contribution >= 0.6 is 11.6 Å². The Morgan fingerprint density at radius 1 is 1.03 bits per heavy atom. The van der Waals surface area contributed by atoms with Crippen molar-refractivity contribution in [1.82, 2.24) is 15.5 Å². The fraction of sp³-hybridized carbons (Fsp3) is 0.364. The van der Waals surface area contributed by atoms with E-state index >= 15 is 0 Å². The molecule has 2 N–H and O–H groups in total. The van der Waals surface area contributed by atoms with Crippen molar-refractivity contribution in [3.63, 3.8) is 0 Å². The van der Waals surface area contributed by atoms with Crippen molar-refractivity contribution in [2.75, 3.05) is 26.2 Å². The van der Waals surface area contributed by atoms with Gasteiger partial charge in [0.05, 0.1) is 19.0 Å². The van der Waals surface area contributed by atoms with Gasteiger partial charge < -0.3 is 10.6 Å². The maximum absolute atomic E-state index is 13.2. The molecule has 0 aliphatic carbocycles. The number of rotatable bonds is 8. The zero-order valence-corrected chi connectivity index (χ0v) is 16.9. The Morgan fingerprint density at radius 3 is 2.52 bits per heavy atom. The molecular formula is C22H25ClFN3O2. The summed E-state index contributed by atoms with van der Waals surface area (Å²) in [4.78, 5) is 26.6. The summed E-state index contributed by atoms with van der Waals surface area (Å²) < 4.78 is 13.2. The lowest BCUT2D eigenvalue weighted by Crippen LogP contribution is -2.41. The highest BCUT2D eigenvalue weighted by atomic mass is 35.5. The lowest BCUT2D eigenvalue weighted by molar-refractivity contribution is -0.125. The molecule has 154 valence electrons. The number of halogens is 2. The normalized spacial score (nSPS) is 15.1. The molecule has 0 saturated carbocycles. The highest BCUT2D eigenvalue weighted by molar-refractivity contribution is 6.30. The van der Waals surface area contributed by atoms with Gasteiger partial charge in [0.1, 0.15) is 5.82 Å². The minimum absolute atomic E-state index is 0.0317. The molecule has 0 radical (unpaired) electrons. The Bertz CT molecular complexity index is 855. The van der Waals surface area contributed by atoms with E-state index in [0.717, 1.165) is 31.5 Å². The van der Waals surface area contributed by atoms with Gasteiger partial charge in [0, 0.05) is 11.6 Å². The summed E-state index contributed by atoms with van der Waals surface area (Å²) in [5.41, 5.74) is 1.63. The van der Waals surface area contributed by atoms with E-state index in [9.17, 15) is 14.0 Å². The monoisotopic (exact) mass is 417 g/mol. The molecule has 5 nitrogen and oxygen atoms in total. The van der Waals surface area contributed by atoms with Crippen LogP contribution in [0.15, 0.2) is 48.5 Å². The fourth-order valence-corrected chi connectivity index (χ4v) is 3.77. The zero-order chi connectivity index (χ0) is 20.6. The first-order chi connectivity index (χ1) is 14.0. The third kappa shape index (κ3) is 6.54. The van der Waals surface area contributed by atoms with E-state index in [1.54, 1.807) is 12.1 Å². The minimum Gasteiger partial charge on any atom is -0.353 e. The summed E-state index contributed by atoms with van der Waals surface area (Å²) in [7, 11) is 0. The van der Waals surface area contributed by atoms with E-state index in [1.807, 2.05) is 24.3 Å². The predicted octanol–water partition coefficient (Wildman–Crippen LogP) is 3.09. The van der Waals surface area contributed by atoms with E-state index in [0.29, 0.717) is 17.1 Å². The van der Waals surface area contributed by atoms with E-state index in [4.69, 9.17) is 11.6 Å². The standard InChI is InChI=1S/C22H25ClFN3O2/c23-18-7-4-6-17(13-18)20(27-9-1-2-10-27)14-25-22(29)15-26-21(28)12-16-5-3-8-19(24)11-16/h3-8,11,13,20H,1-2,9-10,12,14-15H2,(H,25,29)(H,26,28). The number of carbonyl (C=O) groups is 2. The third-order valence-electron chi connectivity index (χ3n) is 5.01. The highest BCUT2D eigenvalue weighted by Gasteiger charge is 2.24. The fourth-order valence-electron chi connectivity index (χ4n) is 3.57. The van der Waals surface area contributed by atoms with Crippen molar-refractivity contribution in [2.45, 2.75) is 25.3 Å². The Labute approximate surface area is 175 Å². The van der Waals surface area contributed by atoms with Crippen LogP contribution in [0.2, 0.25) is 5.02 Å². The molecule has 2 amide bonds. The lowest BCUT2D eigenvalue weighted by atomic mass is 10.1. The second kappa shape index (κ2) is 10.4. The van der Waals surface area contributed by atoms with E-state index in [1.165, 1.54) is 12.1 Å². The minimum atomic E-state index is -0.387. The highest BCUT2D eigenvalue weighted by Crippen LogP contribution is 2.26. The van der Waals surface area contributed by atoms with Crippen molar-refractivity contribution < 1.29 is 14.0 Å². The van der Waals surface area contributed by atoms with Crippen LogP contribution in [-0.2, 0) is 16.0 Å². The molecule has 7 heteroatoms. The molecule has 2 aromatic rings. The van der Waals surface area contributed by atoms with Crippen LogP contribution in [0.4, 0.5) is 4.39 Å². The largest absolute Gasteiger partial charge is 0.353 e. The number of nitrogens with zero attached hydrogens (tertiary/aromatic N) is 1. The van der Waals surface area contributed by atoms with Crippen LogP contribution in [-0.4, -0.2) is 42.9 Å². The zero-order valence-electron chi connectivity index (χ0n) is 16.2. The van der Waals surface area contributed by atoms with Crippen molar-refractivity contribution in [1.29, 1.82) is 0 Å². The number of benzene rings is 2. The summed E-state index contributed by atoms with van der Waals surface area (Å²) in [6.45, 7) is 2.30. The van der Waals surface area contributed by atoms with Crippen LogP contribution in [0, 0.1) is 5.82 Å². The molecule has 29 heavy (non-hydrogen) atoms. The second-order valence-electron chi connectivity index (χ2n) is 7.20. The maximum Gasteiger partial charge on any atom is 0.239 e. The van der Waals surface area contributed by atoms with Gasteiger partial charge in [-0.05, 0) is 61.3 Å². The van der Waals surface area contributed by atoms with Crippen molar-refractivity contribution >= 4 is 23.4 Å². The second-order valence-corrected chi connectivity index (χ2v) is 7.64. The molecule has 0 spiro atoms. The van der Waals surface area contributed by atoms with Gasteiger partial charge in [-0.25, -0.2) is 4.39 Å². The molecule has 1 aliphatic rings. The average molecular weight is 418 g/mol. The summed E-state index contributed by atoms with van der Waals surface area (Å²) in [6, 6.07) is 13.6. The molecule has 1 fully saturated rings. The molecule has 0 aromatic heterocycles. The number of hydrogen-bond donors (Lipinski definition) is 2. The molecule has 3 rings (SSSR count). The summed E-state index contributed by atoms with van der Waals surface area (Å²) in [6.07, 6.45) is 2.31. The van der Waals surface area contributed by atoms with Gasteiger partial charge in [-0.2, -0.15) is 0 Å². The third-order valence-corrected chi connectivity index (χ3v) is 5.24. The van der Waals surface area contributed by atoms with Gasteiger partial charge in [0.2, 0.25) is 11.8 Å². The quantitative estimate of drug-likeness (QED) is 0.693. The van der Waals surface area contributed by atoms with E-state index in [2.05, 4.69) is 15.5 Å². The predicted molar refractivity (Wildman–Crippen MR) is 111 cm³/mol. The van der Waals surface area contributed by atoms with Crippen molar-refractivity contribution in [3.05, 3.63) is 70.5 Å². The molecule has 1 saturated heterocycles. The number of hydrogen-bond acceptors (Lipinski definition) is 3. The molecule has 1 heterocycles. The number of amides is 2. The van der Waals surface area contributed by atoms with Gasteiger partial charge in [-0.15, -0.1) is 0 Å². The molecular weight excluding hydrogens is 393 g/mol. The lowest BCUT2D eigenvalue weighted by Gasteiger charge is -2.28. The van der Waals surface area contributed by atoms with Crippen molar-refractivity contribution in [3.8, 4) is 0 Å². The van der Waals surface area contributed by atoms with Crippen LogP contribution in [0.1, 0.15) is 30.0 Å². The first-order valence-corrected chi connectivity index (χ1v) is 10.2. The number of nitrogens with one attached hydrogen (secondary N) is 2. The molecule has 1 aliphatic heterocycles. The smallest absolute Gasteiger partial charge is 0.239 e. The van der Waals surface area contributed by atoms with Gasteiger partial charge in [0.25, 0.3) is 0 Å². The van der Waals surface area contributed by atoms with Crippen LogP contribution in [0.3, 0.4) is 0 Å². The summed E-state index contributed by atoms with van der Waals surface area (Å²) in [5, 5.41) is 6.16. The van der Waals surface area contributed by atoms with E-state index < -0.39 is 0 Å².